The second-order valence-corrected chi connectivity index (χ2v) is 4.86. The third-order valence-corrected chi connectivity index (χ3v) is 3.19. The standard InChI is InChI=1S/C15H15ClN2O2/c1-2-14(10-4-3-5-12(16)6-10)18-15(20)11-7-13(19)9-17-8-11/h3-9,14,19H,2H2,1H3,(H,18,20). The van der Waals surface area contributed by atoms with Gasteiger partial charge in [0.15, 0.2) is 0 Å². The molecule has 0 aliphatic rings. The molecule has 0 spiro atoms. The molecule has 1 atom stereocenters. The molecular formula is C15H15ClN2O2. The minimum atomic E-state index is -0.278. The highest BCUT2D eigenvalue weighted by molar-refractivity contribution is 6.30. The van der Waals surface area contributed by atoms with E-state index in [1.807, 2.05) is 25.1 Å². The molecule has 2 rings (SSSR count). The lowest BCUT2D eigenvalue weighted by Gasteiger charge is -2.17. The van der Waals surface area contributed by atoms with Gasteiger partial charge in [-0.3, -0.25) is 9.78 Å². The van der Waals surface area contributed by atoms with Crippen molar-refractivity contribution in [3.8, 4) is 5.75 Å². The summed E-state index contributed by atoms with van der Waals surface area (Å²) in [6.45, 7) is 1.98. The van der Waals surface area contributed by atoms with E-state index in [0.717, 1.165) is 12.0 Å². The number of aromatic hydroxyl groups is 1. The number of carbonyl (C=O) groups is 1. The van der Waals surface area contributed by atoms with Crippen molar-refractivity contribution in [2.75, 3.05) is 0 Å². The van der Waals surface area contributed by atoms with E-state index in [9.17, 15) is 9.90 Å². The molecule has 0 saturated heterocycles. The summed E-state index contributed by atoms with van der Waals surface area (Å²) in [5, 5.41) is 12.9. The number of nitrogens with one attached hydrogen (secondary N) is 1. The van der Waals surface area contributed by atoms with Gasteiger partial charge in [-0.15, -0.1) is 0 Å². The Balaban J connectivity index is 2.16. The number of pyridine rings is 1. The van der Waals surface area contributed by atoms with E-state index in [-0.39, 0.29) is 17.7 Å². The molecule has 4 nitrogen and oxygen atoms in total. The summed E-state index contributed by atoms with van der Waals surface area (Å²) in [6.07, 6.45) is 3.43. The van der Waals surface area contributed by atoms with Gasteiger partial charge in [-0.25, -0.2) is 0 Å². The number of carbonyl (C=O) groups excluding carboxylic acids is 1. The third-order valence-electron chi connectivity index (χ3n) is 2.95. The predicted octanol–water partition coefficient (Wildman–Crippen LogP) is 3.32. The SMILES string of the molecule is CCC(NC(=O)c1cncc(O)c1)c1cccc(Cl)c1. The maximum Gasteiger partial charge on any atom is 0.253 e. The topological polar surface area (TPSA) is 62.2 Å². The smallest absolute Gasteiger partial charge is 0.253 e. The zero-order valence-corrected chi connectivity index (χ0v) is 11.8. The second-order valence-electron chi connectivity index (χ2n) is 4.42. The fraction of sp³-hybridized carbons (Fsp3) is 0.200. The van der Waals surface area contributed by atoms with E-state index in [2.05, 4.69) is 10.3 Å². The molecule has 0 saturated carbocycles. The van der Waals surface area contributed by atoms with E-state index < -0.39 is 0 Å². The Morgan fingerprint density at radius 2 is 2.20 bits per heavy atom. The zero-order chi connectivity index (χ0) is 14.5. The first-order chi connectivity index (χ1) is 9.60. The lowest BCUT2D eigenvalue weighted by Crippen LogP contribution is -2.28. The summed E-state index contributed by atoms with van der Waals surface area (Å²) in [7, 11) is 0. The highest BCUT2D eigenvalue weighted by Crippen LogP contribution is 2.21. The van der Waals surface area contributed by atoms with Crippen LogP contribution in [-0.4, -0.2) is 16.0 Å². The van der Waals surface area contributed by atoms with Gasteiger partial charge in [-0.2, -0.15) is 0 Å². The number of rotatable bonds is 4. The van der Waals surface area contributed by atoms with Crippen LogP contribution in [0.2, 0.25) is 5.02 Å². The van der Waals surface area contributed by atoms with Crippen LogP contribution in [0.25, 0.3) is 0 Å². The van der Waals surface area contributed by atoms with Crippen molar-refractivity contribution in [1.82, 2.24) is 10.3 Å². The molecule has 20 heavy (non-hydrogen) atoms. The Morgan fingerprint density at radius 1 is 1.40 bits per heavy atom. The zero-order valence-electron chi connectivity index (χ0n) is 11.0. The molecule has 0 radical (unpaired) electrons. The maximum atomic E-state index is 12.1. The molecule has 0 aliphatic heterocycles. The number of nitrogens with zero attached hydrogens (tertiary/aromatic N) is 1. The lowest BCUT2D eigenvalue weighted by molar-refractivity contribution is 0.0934. The molecule has 2 N–H and O–H groups in total. The van der Waals surface area contributed by atoms with E-state index in [1.165, 1.54) is 18.5 Å². The summed E-state index contributed by atoms with van der Waals surface area (Å²) in [6, 6.07) is 8.63. The largest absolute Gasteiger partial charge is 0.506 e. The van der Waals surface area contributed by atoms with Crippen LogP contribution < -0.4 is 5.32 Å². The summed E-state index contributed by atoms with van der Waals surface area (Å²) >= 11 is 5.96. The molecule has 1 aromatic heterocycles. The third kappa shape index (κ3) is 3.48. The van der Waals surface area contributed by atoms with Crippen molar-refractivity contribution >= 4 is 17.5 Å². The summed E-state index contributed by atoms with van der Waals surface area (Å²) in [5.74, 6) is -0.311. The van der Waals surface area contributed by atoms with Crippen LogP contribution in [0.4, 0.5) is 0 Å². The molecule has 104 valence electrons. The average molecular weight is 291 g/mol. The fourth-order valence-electron chi connectivity index (χ4n) is 1.94. The van der Waals surface area contributed by atoms with Crippen LogP contribution in [-0.2, 0) is 0 Å². The van der Waals surface area contributed by atoms with Gasteiger partial charge in [-0.1, -0.05) is 30.7 Å². The minimum Gasteiger partial charge on any atom is -0.506 e. The first-order valence-corrected chi connectivity index (χ1v) is 6.68. The average Bonchev–Trinajstić information content (AvgIpc) is 2.44. The quantitative estimate of drug-likeness (QED) is 0.908. The first kappa shape index (κ1) is 14.3. The second kappa shape index (κ2) is 6.39. The van der Waals surface area contributed by atoms with Crippen molar-refractivity contribution in [1.29, 1.82) is 0 Å². The van der Waals surface area contributed by atoms with Crippen LogP contribution in [0.5, 0.6) is 5.75 Å². The summed E-state index contributed by atoms with van der Waals surface area (Å²) < 4.78 is 0. The van der Waals surface area contributed by atoms with Gasteiger partial charge >= 0.3 is 0 Å². The Labute approximate surface area is 122 Å². The molecule has 0 aliphatic carbocycles. The highest BCUT2D eigenvalue weighted by atomic mass is 35.5. The molecular weight excluding hydrogens is 276 g/mol. The van der Waals surface area contributed by atoms with Crippen LogP contribution in [0.15, 0.2) is 42.7 Å². The van der Waals surface area contributed by atoms with Gasteiger partial charge in [0.1, 0.15) is 5.75 Å². The van der Waals surface area contributed by atoms with Gasteiger partial charge in [0, 0.05) is 11.2 Å². The summed E-state index contributed by atoms with van der Waals surface area (Å²) in [4.78, 5) is 15.9. The van der Waals surface area contributed by atoms with Crippen molar-refractivity contribution in [3.63, 3.8) is 0 Å². The van der Waals surface area contributed by atoms with Crippen molar-refractivity contribution in [2.45, 2.75) is 19.4 Å². The molecule has 0 fully saturated rings. The molecule has 1 unspecified atom stereocenters. The number of hydrogen-bond donors (Lipinski definition) is 2. The summed E-state index contributed by atoms with van der Waals surface area (Å²) in [5.41, 5.74) is 1.27. The van der Waals surface area contributed by atoms with Gasteiger partial charge in [0.05, 0.1) is 17.8 Å². The Morgan fingerprint density at radius 3 is 2.85 bits per heavy atom. The monoisotopic (exact) mass is 290 g/mol. The molecule has 1 aromatic carbocycles. The van der Waals surface area contributed by atoms with E-state index in [4.69, 9.17) is 11.6 Å². The van der Waals surface area contributed by atoms with Crippen molar-refractivity contribution in [2.24, 2.45) is 0 Å². The van der Waals surface area contributed by atoms with Gasteiger partial charge < -0.3 is 10.4 Å². The number of amides is 1. The van der Waals surface area contributed by atoms with E-state index >= 15 is 0 Å². The number of hydrogen-bond acceptors (Lipinski definition) is 3. The Kier molecular flexibility index (Phi) is 4.58. The maximum absolute atomic E-state index is 12.1. The normalized spacial score (nSPS) is 11.9. The van der Waals surface area contributed by atoms with E-state index in [1.54, 1.807) is 6.07 Å². The predicted molar refractivity (Wildman–Crippen MR) is 77.9 cm³/mol. The van der Waals surface area contributed by atoms with Crippen molar-refractivity contribution in [3.05, 3.63) is 58.9 Å². The van der Waals surface area contributed by atoms with E-state index in [0.29, 0.717) is 10.6 Å². The van der Waals surface area contributed by atoms with Crippen LogP contribution in [0.3, 0.4) is 0 Å². The Hall–Kier alpha value is -2.07. The molecule has 1 heterocycles. The molecule has 5 heteroatoms. The molecule has 1 amide bonds. The van der Waals surface area contributed by atoms with Gasteiger partial charge in [0.2, 0.25) is 0 Å². The number of benzene rings is 1. The highest BCUT2D eigenvalue weighted by Gasteiger charge is 2.15. The van der Waals surface area contributed by atoms with Crippen LogP contribution >= 0.6 is 11.6 Å². The molecule has 2 aromatic rings. The first-order valence-electron chi connectivity index (χ1n) is 6.30. The Bertz CT molecular complexity index is 616. The lowest BCUT2D eigenvalue weighted by atomic mass is 10.0. The molecule has 0 bridgehead atoms. The van der Waals surface area contributed by atoms with Gasteiger partial charge in [-0.05, 0) is 30.2 Å². The van der Waals surface area contributed by atoms with Crippen LogP contribution in [0.1, 0.15) is 35.3 Å². The van der Waals surface area contributed by atoms with Gasteiger partial charge in [0.25, 0.3) is 5.91 Å². The fourth-order valence-corrected chi connectivity index (χ4v) is 2.14. The van der Waals surface area contributed by atoms with Crippen molar-refractivity contribution < 1.29 is 9.90 Å². The minimum absolute atomic E-state index is 0.0338. The number of aromatic nitrogens is 1. The number of halogens is 1. The van der Waals surface area contributed by atoms with Crippen LogP contribution in [0, 0.1) is 0 Å².